The highest BCUT2D eigenvalue weighted by molar-refractivity contribution is 6.05. The molecule has 90 valence electrons. The van der Waals surface area contributed by atoms with E-state index in [0.717, 1.165) is 0 Å². The van der Waals surface area contributed by atoms with Gasteiger partial charge in [0.1, 0.15) is 24.3 Å². The van der Waals surface area contributed by atoms with E-state index in [1.54, 1.807) is 30.3 Å². The number of carbonyl (C=O) groups excluding carboxylic acids is 1. The van der Waals surface area contributed by atoms with Gasteiger partial charge in [0.2, 0.25) is 0 Å². The molecule has 18 heavy (non-hydrogen) atoms. The Morgan fingerprint density at radius 2 is 2.11 bits per heavy atom. The maximum absolute atomic E-state index is 11.6. The summed E-state index contributed by atoms with van der Waals surface area (Å²) >= 11 is 0. The number of para-hydroxylation sites is 1. The lowest BCUT2D eigenvalue weighted by atomic mass is 10.0. The molecule has 0 aliphatic carbocycles. The van der Waals surface area contributed by atoms with Crippen LogP contribution in [0.25, 0.3) is 0 Å². The van der Waals surface area contributed by atoms with Gasteiger partial charge in [0.05, 0.1) is 11.6 Å². The molecule has 0 aliphatic rings. The highest BCUT2D eigenvalue weighted by atomic mass is 16.5. The van der Waals surface area contributed by atoms with Crippen molar-refractivity contribution < 1.29 is 9.53 Å². The average Bonchev–Trinajstić information content (AvgIpc) is 2.37. The summed E-state index contributed by atoms with van der Waals surface area (Å²) in [6, 6.07) is 10.2. The smallest absolute Gasteiger partial charge is 0.192 e. The second-order valence-corrected chi connectivity index (χ2v) is 3.61. The molecule has 1 atom stereocenters. The number of ether oxygens (including phenoxy) is 1. The normalized spacial score (nSPS) is 10.8. The quantitative estimate of drug-likeness (QED) is 0.793. The molecule has 0 heterocycles. The minimum absolute atomic E-state index is 0.0142. The van der Waals surface area contributed by atoms with E-state index in [-0.39, 0.29) is 12.3 Å². The lowest BCUT2D eigenvalue weighted by Crippen LogP contribution is -2.25. The number of hydrogen-bond acceptors (Lipinski definition) is 5. The highest BCUT2D eigenvalue weighted by Crippen LogP contribution is 2.16. The molecule has 0 fully saturated rings. The standard InChI is InChI=1S/C13H11N3O2/c1-9(16)11(7-15)12(17)8-18-13-5-3-2-4-10(13)6-14/h2-5,11,16H,8H2,1H3. The highest BCUT2D eigenvalue weighted by Gasteiger charge is 2.20. The monoisotopic (exact) mass is 241 g/mol. The van der Waals surface area contributed by atoms with E-state index in [1.165, 1.54) is 6.92 Å². The number of hydrogen-bond donors (Lipinski definition) is 1. The van der Waals surface area contributed by atoms with Gasteiger partial charge in [-0.15, -0.1) is 0 Å². The fourth-order valence-corrected chi connectivity index (χ4v) is 1.33. The van der Waals surface area contributed by atoms with Crippen molar-refractivity contribution in [2.45, 2.75) is 6.92 Å². The molecule has 0 saturated heterocycles. The molecule has 0 spiro atoms. The topological polar surface area (TPSA) is 97.7 Å². The van der Waals surface area contributed by atoms with Gasteiger partial charge in [-0.05, 0) is 19.1 Å². The lowest BCUT2D eigenvalue weighted by molar-refractivity contribution is -0.121. The summed E-state index contributed by atoms with van der Waals surface area (Å²) in [4.78, 5) is 11.6. The average molecular weight is 241 g/mol. The van der Waals surface area contributed by atoms with E-state index < -0.39 is 11.7 Å². The van der Waals surface area contributed by atoms with E-state index in [1.807, 2.05) is 6.07 Å². The minimum atomic E-state index is -1.08. The third kappa shape index (κ3) is 3.16. The Morgan fingerprint density at radius 3 is 2.67 bits per heavy atom. The van der Waals surface area contributed by atoms with Crippen LogP contribution in [-0.2, 0) is 4.79 Å². The Bertz CT molecular complexity index is 552. The molecular weight excluding hydrogens is 230 g/mol. The van der Waals surface area contributed by atoms with Crippen LogP contribution in [-0.4, -0.2) is 18.1 Å². The van der Waals surface area contributed by atoms with Crippen LogP contribution >= 0.6 is 0 Å². The summed E-state index contributed by atoms with van der Waals surface area (Å²) in [6.07, 6.45) is 0. The summed E-state index contributed by atoms with van der Waals surface area (Å²) in [5.74, 6) is -1.27. The fourth-order valence-electron chi connectivity index (χ4n) is 1.33. The molecule has 1 aromatic carbocycles. The number of ketones is 1. The second-order valence-electron chi connectivity index (χ2n) is 3.61. The molecule has 5 heteroatoms. The van der Waals surface area contributed by atoms with Gasteiger partial charge in [0.25, 0.3) is 0 Å². The van der Waals surface area contributed by atoms with Crippen molar-refractivity contribution in [2.24, 2.45) is 5.92 Å². The Balaban J connectivity index is 2.72. The first-order valence-corrected chi connectivity index (χ1v) is 5.19. The molecule has 0 aromatic heterocycles. The van der Waals surface area contributed by atoms with Crippen LogP contribution in [0.4, 0.5) is 0 Å². The second kappa shape index (κ2) is 6.17. The molecule has 1 N–H and O–H groups in total. The summed E-state index contributed by atoms with van der Waals surface area (Å²) < 4.78 is 5.20. The Hall–Kier alpha value is -2.66. The van der Waals surface area contributed by atoms with Gasteiger partial charge < -0.3 is 10.1 Å². The molecule has 1 unspecified atom stereocenters. The summed E-state index contributed by atoms with van der Waals surface area (Å²) in [6.45, 7) is 1.07. The van der Waals surface area contributed by atoms with Gasteiger partial charge in [-0.25, -0.2) is 0 Å². The van der Waals surface area contributed by atoms with Crippen molar-refractivity contribution in [3.63, 3.8) is 0 Å². The van der Waals surface area contributed by atoms with E-state index in [2.05, 4.69) is 0 Å². The Morgan fingerprint density at radius 1 is 1.44 bits per heavy atom. The molecule has 5 nitrogen and oxygen atoms in total. The molecule has 0 bridgehead atoms. The minimum Gasteiger partial charge on any atom is -0.484 e. The number of nitrogens with one attached hydrogen (secondary N) is 1. The predicted octanol–water partition coefficient (Wildman–Crippen LogP) is 1.69. The summed E-state index contributed by atoms with van der Waals surface area (Å²) in [5.41, 5.74) is 0.310. The van der Waals surface area contributed by atoms with Gasteiger partial charge in [-0.2, -0.15) is 10.5 Å². The molecular formula is C13H11N3O2. The zero-order chi connectivity index (χ0) is 13.5. The first kappa shape index (κ1) is 13.4. The van der Waals surface area contributed by atoms with E-state index in [0.29, 0.717) is 11.3 Å². The number of nitrogens with zero attached hydrogens (tertiary/aromatic N) is 2. The van der Waals surface area contributed by atoms with Gasteiger partial charge in [-0.3, -0.25) is 4.79 Å². The van der Waals surface area contributed by atoms with E-state index >= 15 is 0 Å². The van der Waals surface area contributed by atoms with Gasteiger partial charge >= 0.3 is 0 Å². The number of Topliss-reactive ketones (excluding diaryl/α,β-unsaturated/α-hetero) is 1. The van der Waals surface area contributed by atoms with Gasteiger partial charge in [-0.1, -0.05) is 12.1 Å². The third-order valence-corrected chi connectivity index (χ3v) is 2.26. The zero-order valence-electron chi connectivity index (χ0n) is 9.80. The van der Waals surface area contributed by atoms with Crippen LogP contribution in [0, 0.1) is 34.0 Å². The summed E-state index contributed by atoms with van der Waals surface area (Å²) in [5, 5.41) is 24.9. The number of rotatable bonds is 5. The summed E-state index contributed by atoms with van der Waals surface area (Å²) in [7, 11) is 0. The van der Waals surface area contributed by atoms with Crippen molar-refractivity contribution >= 4 is 11.5 Å². The molecule has 1 rings (SSSR count). The molecule has 0 aliphatic heterocycles. The first-order chi connectivity index (χ1) is 8.60. The van der Waals surface area contributed by atoms with Crippen LogP contribution in [0.2, 0.25) is 0 Å². The molecule has 1 aromatic rings. The van der Waals surface area contributed by atoms with E-state index in [9.17, 15) is 4.79 Å². The van der Waals surface area contributed by atoms with Crippen molar-refractivity contribution in [3.8, 4) is 17.9 Å². The fraction of sp³-hybridized carbons (Fsp3) is 0.231. The largest absolute Gasteiger partial charge is 0.484 e. The van der Waals surface area contributed by atoms with Crippen molar-refractivity contribution in [3.05, 3.63) is 29.8 Å². The third-order valence-electron chi connectivity index (χ3n) is 2.26. The van der Waals surface area contributed by atoms with Crippen LogP contribution < -0.4 is 4.74 Å². The zero-order valence-corrected chi connectivity index (χ0v) is 9.80. The molecule has 0 radical (unpaired) electrons. The van der Waals surface area contributed by atoms with E-state index in [4.69, 9.17) is 20.7 Å². The van der Waals surface area contributed by atoms with Crippen LogP contribution in [0.1, 0.15) is 12.5 Å². The number of nitriles is 2. The van der Waals surface area contributed by atoms with Crippen LogP contribution in [0.15, 0.2) is 24.3 Å². The van der Waals surface area contributed by atoms with Gasteiger partial charge in [0.15, 0.2) is 5.78 Å². The maximum atomic E-state index is 11.6. The van der Waals surface area contributed by atoms with Gasteiger partial charge in [0, 0.05) is 5.71 Å². The van der Waals surface area contributed by atoms with Crippen LogP contribution in [0.3, 0.4) is 0 Å². The SMILES string of the molecule is CC(=N)C(C#N)C(=O)COc1ccccc1C#N. The molecule has 0 amide bonds. The van der Waals surface area contributed by atoms with Crippen LogP contribution in [0.5, 0.6) is 5.75 Å². The first-order valence-electron chi connectivity index (χ1n) is 5.19. The van der Waals surface area contributed by atoms with Crippen molar-refractivity contribution in [1.29, 1.82) is 15.9 Å². The van der Waals surface area contributed by atoms with Crippen molar-refractivity contribution in [2.75, 3.05) is 6.61 Å². The lowest BCUT2D eigenvalue weighted by Gasteiger charge is -2.09. The van der Waals surface area contributed by atoms with Crippen molar-refractivity contribution in [1.82, 2.24) is 0 Å². The molecule has 0 saturated carbocycles. The number of benzene rings is 1. The Kier molecular flexibility index (Phi) is 4.59. The maximum Gasteiger partial charge on any atom is 0.192 e. The predicted molar refractivity (Wildman–Crippen MR) is 64.2 cm³/mol. The number of carbonyl (C=O) groups is 1. The Labute approximate surface area is 105 Å².